The van der Waals surface area contributed by atoms with Crippen LogP contribution >= 0.6 is 0 Å². The molecule has 2 nitrogen and oxygen atoms in total. The number of hydrogen-bond donors (Lipinski definition) is 1. The molecule has 1 heterocycles. The molecule has 2 heteroatoms. The van der Waals surface area contributed by atoms with Crippen LogP contribution in [0.3, 0.4) is 0 Å². The SMILES string of the molecule is Cc1ccc(C(N[C@@H](C)c2ccco2)C2CC2)cc1. The summed E-state index contributed by atoms with van der Waals surface area (Å²) in [7, 11) is 0. The molecule has 1 aliphatic rings. The maximum absolute atomic E-state index is 5.49. The number of nitrogens with one attached hydrogen (secondary N) is 1. The third-order valence-corrected chi connectivity index (χ3v) is 3.93. The highest BCUT2D eigenvalue weighted by molar-refractivity contribution is 5.26. The van der Waals surface area contributed by atoms with E-state index in [9.17, 15) is 0 Å². The van der Waals surface area contributed by atoms with Gasteiger partial charge in [0, 0.05) is 6.04 Å². The Hall–Kier alpha value is -1.54. The first kappa shape index (κ1) is 12.5. The lowest BCUT2D eigenvalue weighted by Gasteiger charge is -2.23. The molecule has 1 N–H and O–H groups in total. The highest BCUT2D eigenvalue weighted by Crippen LogP contribution is 2.42. The van der Waals surface area contributed by atoms with Crippen LogP contribution in [0.5, 0.6) is 0 Å². The molecule has 0 radical (unpaired) electrons. The largest absolute Gasteiger partial charge is 0.468 e. The van der Waals surface area contributed by atoms with Gasteiger partial charge in [-0.25, -0.2) is 0 Å². The molecule has 1 aromatic carbocycles. The molecule has 19 heavy (non-hydrogen) atoms. The van der Waals surface area contributed by atoms with E-state index in [-0.39, 0.29) is 6.04 Å². The average molecular weight is 255 g/mol. The molecule has 0 aliphatic heterocycles. The van der Waals surface area contributed by atoms with E-state index in [2.05, 4.69) is 43.4 Å². The highest BCUT2D eigenvalue weighted by atomic mass is 16.3. The van der Waals surface area contributed by atoms with Crippen molar-refractivity contribution in [3.63, 3.8) is 0 Å². The van der Waals surface area contributed by atoms with Crippen LogP contribution in [0.1, 0.15) is 48.7 Å². The van der Waals surface area contributed by atoms with E-state index in [0.29, 0.717) is 6.04 Å². The number of aryl methyl sites for hydroxylation is 1. The smallest absolute Gasteiger partial charge is 0.120 e. The van der Waals surface area contributed by atoms with Gasteiger partial charge in [0.2, 0.25) is 0 Å². The summed E-state index contributed by atoms with van der Waals surface area (Å²) in [6, 6.07) is 13.6. The van der Waals surface area contributed by atoms with Gasteiger partial charge in [0.1, 0.15) is 5.76 Å². The first-order chi connectivity index (χ1) is 9.24. The Morgan fingerprint density at radius 2 is 1.89 bits per heavy atom. The molecule has 2 aromatic rings. The van der Waals surface area contributed by atoms with Crippen molar-refractivity contribution in [2.45, 2.75) is 38.8 Å². The van der Waals surface area contributed by atoms with Crippen LogP contribution in [0.25, 0.3) is 0 Å². The fourth-order valence-electron chi connectivity index (χ4n) is 2.60. The minimum Gasteiger partial charge on any atom is -0.468 e. The van der Waals surface area contributed by atoms with E-state index in [1.165, 1.54) is 24.0 Å². The summed E-state index contributed by atoms with van der Waals surface area (Å²) in [5, 5.41) is 3.72. The molecule has 1 fully saturated rings. The fourth-order valence-corrected chi connectivity index (χ4v) is 2.60. The van der Waals surface area contributed by atoms with Crippen LogP contribution < -0.4 is 5.32 Å². The van der Waals surface area contributed by atoms with Crippen molar-refractivity contribution in [2.24, 2.45) is 5.92 Å². The summed E-state index contributed by atoms with van der Waals surface area (Å²) >= 11 is 0. The van der Waals surface area contributed by atoms with Gasteiger partial charge in [-0.15, -0.1) is 0 Å². The summed E-state index contributed by atoms with van der Waals surface area (Å²) in [6.45, 7) is 4.30. The van der Waals surface area contributed by atoms with Crippen molar-refractivity contribution in [3.05, 3.63) is 59.5 Å². The number of furan rings is 1. The third-order valence-electron chi connectivity index (χ3n) is 3.93. The molecule has 2 atom stereocenters. The van der Waals surface area contributed by atoms with Crippen LogP contribution in [-0.4, -0.2) is 0 Å². The molecule has 100 valence electrons. The molecule has 0 bridgehead atoms. The summed E-state index contributed by atoms with van der Waals surface area (Å²) in [6.07, 6.45) is 4.40. The molecule has 1 unspecified atom stereocenters. The molecule has 1 aromatic heterocycles. The van der Waals surface area contributed by atoms with Gasteiger partial charge in [0.05, 0.1) is 12.3 Å². The van der Waals surface area contributed by atoms with Crippen molar-refractivity contribution in [3.8, 4) is 0 Å². The number of rotatable bonds is 5. The molecule has 1 aliphatic carbocycles. The molecular weight excluding hydrogens is 234 g/mol. The lowest BCUT2D eigenvalue weighted by Crippen LogP contribution is -2.26. The Morgan fingerprint density at radius 3 is 2.47 bits per heavy atom. The van der Waals surface area contributed by atoms with Gasteiger partial charge in [0.15, 0.2) is 0 Å². The van der Waals surface area contributed by atoms with E-state index < -0.39 is 0 Å². The van der Waals surface area contributed by atoms with Gasteiger partial charge >= 0.3 is 0 Å². The van der Waals surface area contributed by atoms with Crippen molar-refractivity contribution in [1.29, 1.82) is 0 Å². The van der Waals surface area contributed by atoms with Gasteiger partial charge in [-0.05, 0) is 50.3 Å². The van der Waals surface area contributed by atoms with Gasteiger partial charge in [0.25, 0.3) is 0 Å². The summed E-state index contributed by atoms with van der Waals surface area (Å²) in [5.41, 5.74) is 2.71. The zero-order valence-corrected chi connectivity index (χ0v) is 11.6. The zero-order valence-electron chi connectivity index (χ0n) is 11.6. The van der Waals surface area contributed by atoms with Gasteiger partial charge in [-0.1, -0.05) is 29.8 Å². The van der Waals surface area contributed by atoms with Crippen LogP contribution in [-0.2, 0) is 0 Å². The van der Waals surface area contributed by atoms with Crippen LogP contribution in [0.15, 0.2) is 47.1 Å². The van der Waals surface area contributed by atoms with Crippen molar-refractivity contribution < 1.29 is 4.42 Å². The minimum atomic E-state index is 0.252. The molecule has 0 spiro atoms. The summed E-state index contributed by atoms with van der Waals surface area (Å²) in [4.78, 5) is 0. The second-order valence-corrected chi connectivity index (χ2v) is 5.63. The van der Waals surface area contributed by atoms with E-state index in [1.54, 1.807) is 6.26 Å². The second-order valence-electron chi connectivity index (χ2n) is 5.63. The van der Waals surface area contributed by atoms with Gasteiger partial charge < -0.3 is 9.73 Å². The first-order valence-electron chi connectivity index (χ1n) is 7.10. The maximum atomic E-state index is 5.49. The summed E-state index contributed by atoms with van der Waals surface area (Å²) < 4.78 is 5.49. The summed E-state index contributed by atoms with van der Waals surface area (Å²) in [5.74, 6) is 1.79. The Labute approximate surface area is 114 Å². The molecule has 3 rings (SSSR count). The average Bonchev–Trinajstić information content (AvgIpc) is 3.10. The van der Waals surface area contributed by atoms with Gasteiger partial charge in [-0.3, -0.25) is 0 Å². The maximum Gasteiger partial charge on any atom is 0.120 e. The van der Waals surface area contributed by atoms with Crippen molar-refractivity contribution in [2.75, 3.05) is 0 Å². The predicted molar refractivity (Wildman–Crippen MR) is 76.9 cm³/mol. The third kappa shape index (κ3) is 2.90. The van der Waals surface area contributed by atoms with Crippen LogP contribution in [0.2, 0.25) is 0 Å². The lowest BCUT2D eigenvalue weighted by molar-refractivity contribution is 0.372. The van der Waals surface area contributed by atoms with Gasteiger partial charge in [-0.2, -0.15) is 0 Å². The Kier molecular flexibility index (Phi) is 3.43. The minimum absolute atomic E-state index is 0.252. The lowest BCUT2D eigenvalue weighted by atomic mass is 10.00. The normalized spacial score (nSPS) is 18.2. The first-order valence-corrected chi connectivity index (χ1v) is 7.10. The zero-order chi connectivity index (χ0) is 13.2. The number of benzene rings is 1. The van der Waals surface area contributed by atoms with Crippen LogP contribution in [0, 0.1) is 12.8 Å². The van der Waals surface area contributed by atoms with Crippen LogP contribution in [0.4, 0.5) is 0 Å². The van der Waals surface area contributed by atoms with E-state index in [4.69, 9.17) is 4.42 Å². The predicted octanol–water partition coefficient (Wildman–Crippen LogP) is 4.39. The second kappa shape index (κ2) is 5.22. The van der Waals surface area contributed by atoms with Crippen molar-refractivity contribution in [1.82, 2.24) is 5.32 Å². The fraction of sp³-hybridized carbons (Fsp3) is 0.412. The highest BCUT2D eigenvalue weighted by Gasteiger charge is 2.33. The van der Waals surface area contributed by atoms with E-state index >= 15 is 0 Å². The Bertz CT molecular complexity index is 511. The Balaban J connectivity index is 1.76. The van der Waals surface area contributed by atoms with E-state index in [1.807, 2.05) is 12.1 Å². The quantitative estimate of drug-likeness (QED) is 0.857. The molecular formula is C17H21NO. The molecule has 1 saturated carbocycles. The molecule has 0 amide bonds. The standard InChI is InChI=1S/C17H21NO/c1-12-5-7-14(8-6-12)17(15-9-10-15)18-13(2)16-4-3-11-19-16/h3-8,11,13,15,17-18H,9-10H2,1-2H3/t13-,17?/m0/s1. The molecule has 0 saturated heterocycles. The van der Waals surface area contributed by atoms with Crippen molar-refractivity contribution >= 4 is 0 Å². The monoisotopic (exact) mass is 255 g/mol. The number of hydrogen-bond acceptors (Lipinski definition) is 2. The Morgan fingerprint density at radius 1 is 1.16 bits per heavy atom. The topological polar surface area (TPSA) is 25.2 Å². The van der Waals surface area contributed by atoms with E-state index in [0.717, 1.165) is 11.7 Å².